The van der Waals surface area contributed by atoms with E-state index >= 15 is 0 Å². The number of halogens is 2. The first-order valence-electron chi connectivity index (χ1n) is 11.9. The maximum absolute atomic E-state index is 14.5. The van der Waals surface area contributed by atoms with Crippen LogP contribution in [0.5, 0.6) is 0 Å². The molecule has 2 aliphatic carbocycles. The Hall–Kier alpha value is -2.25. The molecule has 34 heavy (non-hydrogen) atoms. The second-order valence-electron chi connectivity index (χ2n) is 9.59. The van der Waals surface area contributed by atoms with E-state index in [9.17, 15) is 14.6 Å². The zero-order chi connectivity index (χ0) is 23.9. The van der Waals surface area contributed by atoms with E-state index in [1.807, 2.05) is 25.1 Å². The molecule has 2 fully saturated rings. The van der Waals surface area contributed by atoms with Gasteiger partial charge in [-0.25, -0.2) is 4.39 Å². The van der Waals surface area contributed by atoms with Crippen molar-refractivity contribution in [3.8, 4) is 11.3 Å². The number of aryl methyl sites for hydroxylation is 1. The molecule has 1 aromatic heterocycles. The highest BCUT2D eigenvalue weighted by molar-refractivity contribution is 6.33. The Bertz CT molecular complexity index is 1160. The average molecular weight is 486 g/mol. The maximum atomic E-state index is 14.5. The molecular formula is C27H29ClFNO4. The van der Waals surface area contributed by atoms with Gasteiger partial charge in [0.2, 0.25) is 0 Å². The molecule has 180 valence electrons. The van der Waals surface area contributed by atoms with Gasteiger partial charge in [-0.1, -0.05) is 35.0 Å². The summed E-state index contributed by atoms with van der Waals surface area (Å²) < 4.78 is 26.5. The van der Waals surface area contributed by atoms with Crippen molar-refractivity contribution in [2.75, 3.05) is 0 Å². The molecule has 2 N–H and O–H groups in total. The predicted octanol–water partition coefficient (Wildman–Crippen LogP) is 6.16. The van der Waals surface area contributed by atoms with Gasteiger partial charge in [0.15, 0.2) is 0 Å². The number of hydrogen-bond donors (Lipinski definition) is 2. The minimum atomic E-state index is -1.26. The average Bonchev–Trinajstić information content (AvgIpc) is 3.59. The lowest BCUT2D eigenvalue weighted by molar-refractivity contribution is -0.0657. The third-order valence-corrected chi connectivity index (χ3v) is 7.48. The van der Waals surface area contributed by atoms with Crippen LogP contribution in [0.4, 0.5) is 4.39 Å². The van der Waals surface area contributed by atoms with E-state index in [0.717, 1.165) is 41.0 Å². The van der Waals surface area contributed by atoms with Gasteiger partial charge in [0.25, 0.3) is 0 Å². The SMILES string of the molecule is Cc1cccc(Cl)c1-c1noc(C2CC2)c1COC1CCC(O)(c2cc(CO)ccc2F)CC1. The number of benzene rings is 2. The Labute approximate surface area is 203 Å². The minimum Gasteiger partial charge on any atom is -0.392 e. The topological polar surface area (TPSA) is 75.7 Å². The lowest BCUT2D eigenvalue weighted by atomic mass is 9.78. The third kappa shape index (κ3) is 4.52. The van der Waals surface area contributed by atoms with Gasteiger partial charge < -0.3 is 19.5 Å². The second kappa shape index (κ2) is 9.42. The number of rotatable bonds is 7. The molecule has 1 heterocycles. The molecule has 5 rings (SSSR count). The van der Waals surface area contributed by atoms with Crippen LogP contribution in [0.1, 0.15) is 72.5 Å². The highest BCUT2D eigenvalue weighted by Gasteiger charge is 2.38. The van der Waals surface area contributed by atoms with E-state index in [4.69, 9.17) is 20.9 Å². The van der Waals surface area contributed by atoms with Crippen molar-refractivity contribution >= 4 is 11.6 Å². The largest absolute Gasteiger partial charge is 0.392 e. The standard InChI is InChI=1S/C27H29ClFNO4/c1-16-3-2-4-22(28)24(16)25-20(26(34-30-25)18-6-7-18)15-33-19-9-11-27(32,12-10-19)21-13-17(14-31)5-8-23(21)29/h2-5,8,13,18-19,31-32H,6-7,9-12,14-15H2,1H3. The van der Waals surface area contributed by atoms with Gasteiger partial charge in [0.05, 0.1) is 29.9 Å². The van der Waals surface area contributed by atoms with Crippen LogP contribution in [-0.4, -0.2) is 21.5 Å². The van der Waals surface area contributed by atoms with E-state index < -0.39 is 11.4 Å². The van der Waals surface area contributed by atoms with Crippen molar-refractivity contribution in [2.24, 2.45) is 0 Å². The Kier molecular flexibility index (Phi) is 6.51. The quantitative estimate of drug-likeness (QED) is 0.419. The third-order valence-electron chi connectivity index (χ3n) is 7.16. The van der Waals surface area contributed by atoms with Crippen LogP contribution in [0.25, 0.3) is 11.3 Å². The molecule has 2 aromatic carbocycles. The summed E-state index contributed by atoms with van der Waals surface area (Å²) in [6, 6.07) is 10.2. The van der Waals surface area contributed by atoms with Gasteiger partial charge in [0, 0.05) is 22.6 Å². The van der Waals surface area contributed by atoms with E-state index in [1.54, 1.807) is 6.07 Å². The van der Waals surface area contributed by atoms with Gasteiger partial charge in [-0.2, -0.15) is 0 Å². The number of hydrogen-bond acceptors (Lipinski definition) is 5. The fourth-order valence-electron chi connectivity index (χ4n) is 4.99. The van der Waals surface area contributed by atoms with Crippen LogP contribution in [0.15, 0.2) is 40.9 Å². The molecule has 0 saturated heterocycles. The molecule has 0 unspecified atom stereocenters. The molecule has 2 aliphatic rings. The summed E-state index contributed by atoms with van der Waals surface area (Å²) >= 11 is 6.52. The molecule has 3 aromatic rings. The summed E-state index contributed by atoms with van der Waals surface area (Å²) in [6.07, 6.45) is 4.08. The van der Waals surface area contributed by atoms with Gasteiger partial charge in [-0.3, -0.25) is 0 Å². The molecule has 0 aliphatic heterocycles. The zero-order valence-electron chi connectivity index (χ0n) is 19.2. The van der Waals surface area contributed by atoms with Gasteiger partial charge in [0.1, 0.15) is 17.3 Å². The van der Waals surface area contributed by atoms with Crippen LogP contribution in [0, 0.1) is 12.7 Å². The highest BCUT2D eigenvalue weighted by atomic mass is 35.5. The summed E-state index contributed by atoms with van der Waals surface area (Å²) in [5.74, 6) is 0.808. The summed E-state index contributed by atoms with van der Waals surface area (Å²) in [5.41, 5.74) is 3.16. The molecule has 0 spiro atoms. The molecule has 7 heteroatoms. The Morgan fingerprint density at radius 1 is 1.18 bits per heavy atom. The summed E-state index contributed by atoms with van der Waals surface area (Å²) in [7, 11) is 0. The first-order valence-corrected chi connectivity index (χ1v) is 12.2. The predicted molar refractivity (Wildman–Crippen MR) is 127 cm³/mol. The lowest BCUT2D eigenvalue weighted by Crippen LogP contribution is -2.35. The van der Waals surface area contributed by atoms with Crippen LogP contribution >= 0.6 is 11.6 Å². The van der Waals surface area contributed by atoms with Crippen LogP contribution < -0.4 is 0 Å². The van der Waals surface area contributed by atoms with E-state index in [2.05, 4.69) is 5.16 Å². The van der Waals surface area contributed by atoms with Crippen molar-refractivity contribution in [1.29, 1.82) is 0 Å². The summed E-state index contributed by atoms with van der Waals surface area (Å²) in [5, 5.41) is 25.6. The van der Waals surface area contributed by atoms with Gasteiger partial charge in [-0.05, 0) is 74.8 Å². The van der Waals surface area contributed by atoms with E-state index in [1.165, 1.54) is 12.1 Å². The molecule has 0 radical (unpaired) electrons. The van der Waals surface area contributed by atoms with Gasteiger partial charge >= 0.3 is 0 Å². The summed E-state index contributed by atoms with van der Waals surface area (Å²) in [4.78, 5) is 0. The first-order chi connectivity index (χ1) is 16.4. The molecule has 0 atom stereocenters. The molecule has 2 saturated carbocycles. The Morgan fingerprint density at radius 3 is 2.62 bits per heavy atom. The minimum absolute atomic E-state index is 0.0634. The van der Waals surface area contributed by atoms with Crippen molar-refractivity contribution in [2.45, 2.75) is 76.3 Å². The number of aromatic nitrogens is 1. The van der Waals surface area contributed by atoms with Gasteiger partial charge in [-0.15, -0.1) is 0 Å². The summed E-state index contributed by atoms with van der Waals surface area (Å²) in [6.45, 7) is 2.17. The Balaban J connectivity index is 1.31. The monoisotopic (exact) mass is 485 g/mol. The molecule has 0 amide bonds. The van der Waals surface area contributed by atoms with Crippen LogP contribution in [0.2, 0.25) is 5.02 Å². The second-order valence-corrected chi connectivity index (χ2v) is 10.0. The van der Waals surface area contributed by atoms with Crippen molar-refractivity contribution < 1.29 is 23.9 Å². The molecule has 0 bridgehead atoms. The smallest absolute Gasteiger partial charge is 0.145 e. The van der Waals surface area contributed by atoms with Crippen LogP contribution in [-0.2, 0) is 23.6 Å². The highest BCUT2D eigenvalue weighted by Crippen LogP contribution is 2.46. The van der Waals surface area contributed by atoms with E-state index in [-0.39, 0.29) is 18.3 Å². The first kappa shape index (κ1) is 23.5. The van der Waals surface area contributed by atoms with Crippen molar-refractivity contribution in [3.05, 3.63) is 75.3 Å². The normalized spacial score (nSPS) is 22.8. The number of nitrogens with zero attached hydrogens (tertiary/aromatic N) is 1. The Morgan fingerprint density at radius 2 is 1.94 bits per heavy atom. The van der Waals surface area contributed by atoms with Crippen molar-refractivity contribution in [1.82, 2.24) is 5.16 Å². The zero-order valence-corrected chi connectivity index (χ0v) is 19.9. The molecule has 5 nitrogen and oxygen atoms in total. The lowest BCUT2D eigenvalue weighted by Gasteiger charge is -2.36. The molecular weight excluding hydrogens is 457 g/mol. The fraction of sp³-hybridized carbons (Fsp3) is 0.444. The number of aliphatic hydroxyl groups is 2. The number of ether oxygens (including phenoxy) is 1. The maximum Gasteiger partial charge on any atom is 0.145 e. The van der Waals surface area contributed by atoms with Crippen molar-refractivity contribution in [3.63, 3.8) is 0 Å². The van der Waals surface area contributed by atoms with E-state index in [0.29, 0.717) is 48.8 Å². The van der Waals surface area contributed by atoms with Crippen LogP contribution in [0.3, 0.4) is 0 Å². The number of aliphatic hydroxyl groups excluding tert-OH is 1. The fourth-order valence-corrected chi connectivity index (χ4v) is 5.30.